The molecule has 1 fully saturated rings. The van der Waals surface area contributed by atoms with Crippen LogP contribution in [-0.2, 0) is 56.9 Å². The van der Waals surface area contributed by atoms with Crippen LogP contribution in [0.1, 0.15) is 228 Å². The number of carboxylic acids is 1. The summed E-state index contributed by atoms with van der Waals surface area (Å²) < 4.78 is 33.6. The van der Waals surface area contributed by atoms with Crippen molar-refractivity contribution in [1.82, 2.24) is 20.9 Å². The second kappa shape index (κ2) is 44.7. The minimum atomic E-state index is -3.02. The average Bonchev–Trinajstić information content (AvgIpc) is 3.51. The van der Waals surface area contributed by atoms with Gasteiger partial charge in [-0.2, -0.15) is 0 Å². The number of unbranched alkanes of at least 4 members (excludes halogenated alkanes) is 23. The molecule has 0 aliphatic carbocycles. The van der Waals surface area contributed by atoms with Gasteiger partial charge in [-0.25, -0.2) is 4.79 Å². The smallest absolute Gasteiger partial charge is 0.480 e. The Morgan fingerprint density at radius 1 is 0.741 bits per heavy atom. The number of rotatable bonds is 53. The molecule has 13 atom stereocenters. The van der Waals surface area contributed by atoms with Crippen LogP contribution in [0.3, 0.4) is 0 Å². The standard InChI is InChI=1S/C59H109N6O19P/c1-7-9-11-13-15-17-19-21-23-25-27-29-31-33-47(69)59(48(70)40-67,53(73)44(62-36-37-81-85(79)80)32-30-28-26-24-22-20-18-16-14-12-10-8-2)84-58(6,61)57(78)64-45(54(60)74)34-35-49(71)65(42(4)55(75)76)38-41(3)82-52-50(63-43(5)68)56(77)83-46(39-66)51(52)72/h41-42,44-46,48,50-52,56,62,66-67,70,72,77H,7-40,61H2,1-6H3,(H5-,60,63,64,68,74,75,76,78,79,80)/p+1/t41?,42?,44?,45-,46-,48+,50-,51-,52-,56+,58-,59+/m1/s1. The fourth-order valence-electron chi connectivity index (χ4n) is 10.6. The summed E-state index contributed by atoms with van der Waals surface area (Å²) in [7, 11) is -3.01. The summed E-state index contributed by atoms with van der Waals surface area (Å²) in [5, 5.41) is 71.4. The quantitative estimate of drug-likeness (QED) is 0.0172. The minimum absolute atomic E-state index is 0.0624. The first-order valence-electron chi connectivity index (χ1n) is 31.4. The van der Waals surface area contributed by atoms with Crippen molar-refractivity contribution in [3.8, 4) is 0 Å². The van der Waals surface area contributed by atoms with Crippen molar-refractivity contribution in [2.24, 2.45) is 11.5 Å². The van der Waals surface area contributed by atoms with E-state index in [9.17, 15) is 68.9 Å². The Balaban J connectivity index is 3.52. The Bertz CT molecular complexity index is 1960. The first-order chi connectivity index (χ1) is 40.4. The van der Waals surface area contributed by atoms with Crippen LogP contribution in [-0.4, -0.2) is 187 Å². The number of aliphatic hydroxyl groups excluding tert-OH is 5. The number of aliphatic carboxylic acids is 1. The van der Waals surface area contributed by atoms with Gasteiger partial charge in [0.2, 0.25) is 23.3 Å². The monoisotopic (exact) mass is 1240 g/mol. The number of carbonyl (C=O) groups excluding carboxylic acids is 6. The van der Waals surface area contributed by atoms with Crippen LogP contribution in [0.15, 0.2) is 0 Å². The summed E-state index contributed by atoms with van der Waals surface area (Å²) in [6, 6.07) is -5.95. The second-order valence-electron chi connectivity index (χ2n) is 23.1. The van der Waals surface area contributed by atoms with Crippen LogP contribution >= 0.6 is 8.25 Å². The van der Waals surface area contributed by atoms with Crippen molar-refractivity contribution < 1.29 is 92.4 Å². The third-order valence-electron chi connectivity index (χ3n) is 15.6. The van der Waals surface area contributed by atoms with E-state index in [1.165, 1.54) is 84.5 Å². The average molecular weight is 1240 g/mol. The maximum absolute atomic E-state index is 15.2. The normalized spacial score (nSPS) is 20.4. The molecule has 1 aliphatic rings. The zero-order valence-electron chi connectivity index (χ0n) is 51.9. The van der Waals surface area contributed by atoms with Crippen molar-refractivity contribution >= 4 is 49.4 Å². The number of carboxylic acid groups (broad SMARTS) is 1. The van der Waals surface area contributed by atoms with Crippen LogP contribution in [0, 0.1) is 0 Å². The van der Waals surface area contributed by atoms with Crippen molar-refractivity contribution in [3.63, 3.8) is 0 Å². The largest absolute Gasteiger partial charge is 0.694 e. The predicted molar refractivity (Wildman–Crippen MR) is 318 cm³/mol. The molecule has 494 valence electrons. The van der Waals surface area contributed by atoms with Gasteiger partial charge in [-0.1, -0.05) is 168 Å². The number of nitrogens with two attached hydrogens (primary N) is 2. The van der Waals surface area contributed by atoms with E-state index >= 15 is 4.79 Å². The summed E-state index contributed by atoms with van der Waals surface area (Å²) in [6.07, 6.45) is 14.1. The highest BCUT2D eigenvalue weighted by atomic mass is 31.1. The number of ketones is 2. The molecular weight excluding hydrogens is 1130 g/mol. The molecule has 1 saturated heterocycles. The Labute approximate surface area is 505 Å². The van der Waals surface area contributed by atoms with Crippen LogP contribution in [0.25, 0.3) is 0 Å². The molecule has 0 aromatic heterocycles. The molecule has 0 aromatic rings. The summed E-state index contributed by atoms with van der Waals surface area (Å²) >= 11 is 0. The third kappa shape index (κ3) is 30.4. The molecule has 1 heterocycles. The lowest BCUT2D eigenvalue weighted by Crippen LogP contribution is -2.70. The Hall–Kier alpha value is -3.69. The Morgan fingerprint density at radius 3 is 1.68 bits per heavy atom. The van der Waals surface area contributed by atoms with Crippen LogP contribution in [0.2, 0.25) is 0 Å². The highest BCUT2D eigenvalue weighted by molar-refractivity contribution is 7.32. The van der Waals surface area contributed by atoms with Gasteiger partial charge in [0.05, 0.1) is 25.4 Å². The van der Waals surface area contributed by atoms with Crippen LogP contribution in [0.5, 0.6) is 0 Å². The number of nitrogens with one attached hydrogen (secondary N) is 3. The first-order valence-corrected chi connectivity index (χ1v) is 32.5. The fraction of sp³-hybridized carbons (Fsp3) is 0.881. The van der Waals surface area contributed by atoms with E-state index in [1.54, 1.807) is 0 Å². The highest BCUT2D eigenvalue weighted by Crippen LogP contribution is 2.31. The molecule has 0 spiro atoms. The molecule has 0 saturated carbocycles. The van der Waals surface area contributed by atoms with E-state index in [2.05, 4.69) is 29.8 Å². The third-order valence-corrected chi connectivity index (χ3v) is 16.0. The molecule has 26 heteroatoms. The van der Waals surface area contributed by atoms with Gasteiger partial charge in [-0.05, 0) is 40.0 Å². The molecule has 0 radical (unpaired) electrons. The van der Waals surface area contributed by atoms with Crippen molar-refractivity contribution in [2.75, 3.05) is 32.9 Å². The number of nitrogens with zero attached hydrogens (tertiary/aromatic N) is 1. The fourth-order valence-corrected chi connectivity index (χ4v) is 10.9. The second-order valence-corrected chi connectivity index (χ2v) is 23.8. The van der Waals surface area contributed by atoms with E-state index in [-0.39, 0.29) is 32.4 Å². The van der Waals surface area contributed by atoms with Gasteiger partial charge < -0.3 is 71.4 Å². The van der Waals surface area contributed by atoms with E-state index in [4.69, 9.17) is 30.2 Å². The summed E-state index contributed by atoms with van der Waals surface area (Å²) in [5.41, 5.74) is 6.51. The minimum Gasteiger partial charge on any atom is -0.480 e. The van der Waals surface area contributed by atoms with Crippen molar-refractivity contribution in [1.29, 1.82) is 0 Å². The van der Waals surface area contributed by atoms with E-state index in [1.807, 2.05) is 0 Å². The zero-order chi connectivity index (χ0) is 64.0. The molecular formula is C59H110N6O19P+. The molecule has 1 rings (SSSR count). The van der Waals surface area contributed by atoms with Crippen molar-refractivity contribution in [2.45, 2.75) is 300 Å². The predicted octanol–water partition coefficient (Wildman–Crippen LogP) is 4.51. The number of hydrogen-bond acceptors (Lipinski definition) is 19. The molecule has 1 aliphatic heterocycles. The maximum atomic E-state index is 15.2. The maximum Gasteiger partial charge on any atom is 0.694 e. The van der Waals surface area contributed by atoms with E-state index in [0.29, 0.717) is 19.3 Å². The van der Waals surface area contributed by atoms with Crippen LogP contribution < -0.4 is 27.4 Å². The summed E-state index contributed by atoms with van der Waals surface area (Å²) in [4.78, 5) is 106. The molecule has 25 nitrogen and oxygen atoms in total. The van der Waals surface area contributed by atoms with Gasteiger partial charge in [-0.3, -0.25) is 34.5 Å². The lowest BCUT2D eigenvalue weighted by Gasteiger charge is -2.43. The molecule has 4 unspecified atom stereocenters. The number of Topliss-reactive ketones (excluding diaryl/α,β-unsaturated/α-hetero) is 2. The molecule has 85 heavy (non-hydrogen) atoms. The Kier molecular flexibility index (Phi) is 41.7. The van der Waals surface area contributed by atoms with Gasteiger partial charge in [0.25, 0.3) is 5.91 Å². The molecule has 0 bridgehead atoms. The summed E-state index contributed by atoms with van der Waals surface area (Å²) in [6.45, 7) is 6.08. The number of carbonyl (C=O) groups is 7. The van der Waals surface area contributed by atoms with Gasteiger partial charge in [0.1, 0.15) is 49.1 Å². The number of ether oxygens (including phenoxy) is 3. The van der Waals surface area contributed by atoms with Gasteiger partial charge >= 0.3 is 14.2 Å². The topological polar surface area (TPSA) is 406 Å². The van der Waals surface area contributed by atoms with Gasteiger partial charge in [0.15, 0.2) is 23.6 Å². The van der Waals surface area contributed by atoms with Gasteiger partial charge in [0, 0.05) is 37.4 Å². The lowest BCUT2D eigenvalue weighted by molar-refractivity contribution is -0.268. The molecule has 14 N–H and O–H groups in total. The molecule has 4 amide bonds. The SMILES string of the molecule is CCCCCCCCCCCCCCCC(=O)[C@@](O[C@@](C)(N)C(=O)N[C@H](CCC(=O)N(CC(C)O[C@H]1[C@H](O)[C@@H](CO)O[C@H](O)[C@@H]1NC(C)=O)C(C)C(=O)O)C(N)=O)(C(=O)C(CCCCCCCCCCCCCC)NCCO[P+](=O)O)[C@@H](O)CO. The number of primary amides is 1. The van der Waals surface area contributed by atoms with Crippen LogP contribution in [0.4, 0.5) is 0 Å². The zero-order valence-corrected chi connectivity index (χ0v) is 52.8. The summed E-state index contributed by atoms with van der Waals surface area (Å²) in [5.74, 6) is -7.61. The van der Waals surface area contributed by atoms with Gasteiger partial charge in [-0.15, -0.1) is 9.42 Å². The Morgan fingerprint density at radius 2 is 1.24 bits per heavy atom. The van der Waals surface area contributed by atoms with E-state index < -0.39 is 154 Å². The number of hydrogen-bond donors (Lipinski definition) is 12. The lowest BCUT2D eigenvalue weighted by atomic mass is 9.79. The van der Waals surface area contributed by atoms with Crippen molar-refractivity contribution in [3.05, 3.63) is 0 Å². The highest BCUT2D eigenvalue weighted by Gasteiger charge is 2.58. The number of amides is 4. The molecule has 0 aromatic carbocycles. The first kappa shape index (κ1) is 79.3. The van der Waals surface area contributed by atoms with E-state index in [0.717, 1.165) is 83.0 Å². The number of aliphatic hydroxyl groups is 5.